The number of aryl methyl sites for hydroxylation is 1. The lowest BCUT2D eigenvalue weighted by molar-refractivity contribution is -0.116. The molecule has 0 aliphatic heterocycles. The highest BCUT2D eigenvalue weighted by atomic mass is 32.2. The Morgan fingerprint density at radius 1 is 1.12 bits per heavy atom. The van der Waals surface area contributed by atoms with E-state index in [1.54, 1.807) is 30.3 Å². The molecular formula is C19H24N2O3S. The molecule has 2 aromatic carbocycles. The van der Waals surface area contributed by atoms with Gasteiger partial charge in [-0.1, -0.05) is 43.7 Å². The number of nitrogens with one attached hydrogen (secondary N) is 1. The summed E-state index contributed by atoms with van der Waals surface area (Å²) < 4.78 is 26.1. The Balaban J connectivity index is 2.07. The van der Waals surface area contributed by atoms with E-state index in [-0.39, 0.29) is 17.3 Å². The number of anilines is 1. The van der Waals surface area contributed by atoms with Crippen LogP contribution in [0.2, 0.25) is 0 Å². The molecule has 0 atom stereocenters. The monoisotopic (exact) mass is 360 g/mol. The van der Waals surface area contributed by atoms with E-state index in [4.69, 9.17) is 0 Å². The van der Waals surface area contributed by atoms with Crippen LogP contribution in [0.3, 0.4) is 0 Å². The van der Waals surface area contributed by atoms with Gasteiger partial charge >= 0.3 is 0 Å². The fourth-order valence-corrected chi connectivity index (χ4v) is 3.48. The maximum atomic E-state index is 12.5. The van der Waals surface area contributed by atoms with Crippen LogP contribution in [-0.2, 0) is 14.8 Å². The van der Waals surface area contributed by atoms with Crippen LogP contribution in [0, 0.1) is 6.92 Å². The van der Waals surface area contributed by atoms with Crippen LogP contribution in [0.25, 0.3) is 0 Å². The van der Waals surface area contributed by atoms with Crippen molar-refractivity contribution in [2.75, 3.05) is 18.9 Å². The van der Waals surface area contributed by atoms with Crippen molar-refractivity contribution in [1.29, 1.82) is 0 Å². The molecule has 0 spiro atoms. The fraction of sp³-hybridized carbons (Fsp3) is 0.316. The van der Waals surface area contributed by atoms with Gasteiger partial charge < -0.3 is 5.32 Å². The number of rotatable bonds is 6. The molecule has 6 heteroatoms. The van der Waals surface area contributed by atoms with E-state index in [0.29, 0.717) is 11.6 Å². The van der Waals surface area contributed by atoms with Gasteiger partial charge in [-0.2, -0.15) is 4.31 Å². The molecule has 5 nitrogen and oxygen atoms in total. The van der Waals surface area contributed by atoms with Crippen LogP contribution in [0.15, 0.2) is 53.4 Å². The van der Waals surface area contributed by atoms with Gasteiger partial charge in [0.2, 0.25) is 15.9 Å². The minimum absolute atomic E-state index is 0.176. The maximum Gasteiger partial charge on any atom is 0.243 e. The first-order valence-corrected chi connectivity index (χ1v) is 9.57. The summed E-state index contributed by atoms with van der Waals surface area (Å²) in [5.74, 6) is -0.0273. The Kier molecular flexibility index (Phi) is 5.98. The molecule has 134 valence electrons. The zero-order valence-corrected chi connectivity index (χ0v) is 15.8. The van der Waals surface area contributed by atoms with Gasteiger partial charge in [-0.05, 0) is 42.7 Å². The lowest BCUT2D eigenvalue weighted by Crippen LogP contribution is -2.35. The highest BCUT2D eigenvalue weighted by Gasteiger charge is 2.22. The standard InChI is InChI=1S/C19H24N2O3S/c1-14(2)16-6-5-7-17(12-16)20-19(22)13-21(4)25(23,24)18-10-8-15(3)9-11-18/h5-12,14H,13H2,1-4H3,(H,20,22). The summed E-state index contributed by atoms with van der Waals surface area (Å²) in [5, 5.41) is 2.76. The van der Waals surface area contributed by atoms with E-state index in [1.165, 1.54) is 7.05 Å². The molecule has 0 radical (unpaired) electrons. The van der Waals surface area contributed by atoms with Crippen LogP contribution in [-0.4, -0.2) is 32.2 Å². The fourth-order valence-electron chi connectivity index (χ4n) is 2.35. The molecule has 2 rings (SSSR count). The Morgan fingerprint density at radius 3 is 2.36 bits per heavy atom. The van der Waals surface area contributed by atoms with E-state index >= 15 is 0 Å². The number of nitrogens with zero attached hydrogens (tertiary/aromatic N) is 1. The van der Waals surface area contributed by atoms with Crippen molar-refractivity contribution in [3.8, 4) is 0 Å². The van der Waals surface area contributed by atoms with E-state index in [2.05, 4.69) is 19.2 Å². The van der Waals surface area contributed by atoms with E-state index in [9.17, 15) is 13.2 Å². The van der Waals surface area contributed by atoms with Crippen molar-refractivity contribution in [3.63, 3.8) is 0 Å². The second-order valence-electron chi connectivity index (χ2n) is 6.40. The predicted molar refractivity (Wildman–Crippen MR) is 100 cm³/mol. The summed E-state index contributed by atoms with van der Waals surface area (Å²) in [6.07, 6.45) is 0. The molecule has 0 aromatic heterocycles. The molecular weight excluding hydrogens is 336 g/mol. The second kappa shape index (κ2) is 7.80. The number of benzene rings is 2. The minimum Gasteiger partial charge on any atom is -0.325 e. The molecule has 1 N–H and O–H groups in total. The van der Waals surface area contributed by atoms with Gasteiger partial charge in [-0.15, -0.1) is 0 Å². The second-order valence-corrected chi connectivity index (χ2v) is 8.45. The maximum absolute atomic E-state index is 12.5. The van der Waals surface area contributed by atoms with E-state index < -0.39 is 10.0 Å². The molecule has 0 bridgehead atoms. The van der Waals surface area contributed by atoms with Crippen LogP contribution in [0.5, 0.6) is 0 Å². The normalized spacial score (nSPS) is 11.8. The van der Waals surface area contributed by atoms with Gasteiger partial charge in [0, 0.05) is 12.7 Å². The van der Waals surface area contributed by atoms with Crippen LogP contribution >= 0.6 is 0 Å². The summed E-state index contributed by atoms with van der Waals surface area (Å²) in [7, 11) is -2.29. The van der Waals surface area contributed by atoms with E-state index in [1.807, 2.05) is 25.1 Å². The average molecular weight is 360 g/mol. The lowest BCUT2D eigenvalue weighted by Gasteiger charge is -2.17. The largest absolute Gasteiger partial charge is 0.325 e. The number of hydrogen-bond donors (Lipinski definition) is 1. The van der Waals surface area contributed by atoms with Crippen molar-refractivity contribution < 1.29 is 13.2 Å². The average Bonchev–Trinajstić information content (AvgIpc) is 2.55. The third kappa shape index (κ3) is 4.90. The number of amides is 1. The molecule has 1 amide bonds. The number of likely N-dealkylation sites (N-methyl/N-ethyl adjacent to an activating group) is 1. The predicted octanol–water partition coefficient (Wildman–Crippen LogP) is 3.38. The Bertz CT molecular complexity index is 843. The quantitative estimate of drug-likeness (QED) is 0.859. The van der Waals surface area contributed by atoms with Crippen molar-refractivity contribution >= 4 is 21.6 Å². The first kappa shape index (κ1) is 19.1. The Labute approximate surface area is 149 Å². The van der Waals surface area contributed by atoms with Crippen LogP contribution in [0.4, 0.5) is 5.69 Å². The highest BCUT2D eigenvalue weighted by molar-refractivity contribution is 7.89. The van der Waals surface area contributed by atoms with Gasteiger partial charge in [0.25, 0.3) is 0 Å². The van der Waals surface area contributed by atoms with Gasteiger partial charge in [0.05, 0.1) is 11.4 Å². The smallest absolute Gasteiger partial charge is 0.243 e. The molecule has 0 fully saturated rings. The molecule has 25 heavy (non-hydrogen) atoms. The van der Waals surface area contributed by atoms with Crippen molar-refractivity contribution in [2.24, 2.45) is 0 Å². The molecule has 0 heterocycles. The first-order chi connectivity index (χ1) is 11.7. The summed E-state index contributed by atoms with van der Waals surface area (Å²) in [6, 6.07) is 14.1. The van der Waals surface area contributed by atoms with Crippen molar-refractivity contribution in [2.45, 2.75) is 31.6 Å². The summed E-state index contributed by atoms with van der Waals surface area (Å²) >= 11 is 0. The lowest BCUT2D eigenvalue weighted by atomic mass is 10.0. The molecule has 2 aromatic rings. The highest BCUT2D eigenvalue weighted by Crippen LogP contribution is 2.19. The van der Waals surface area contributed by atoms with Crippen LogP contribution in [0.1, 0.15) is 30.9 Å². The zero-order valence-electron chi connectivity index (χ0n) is 15.0. The Hall–Kier alpha value is -2.18. The zero-order chi connectivity index (χ0) is 18.6. The number of hydrogen-bond acceptors (Lipinski definition) is 3. The number of carbonyl (C=O) groups is 1. The third-order valence-electron chi connectivity index (χ3n) is 3.93. The Morgan fingerprint density at radius 2 is 1.76 bits per heavy atom. The topological polar surface area (TPSA) is 66.5 Å². The van der Waals surface area contributed by atoms with Gasteiger partial charge in [0.15, 0.2) is 0 Å². The van der Waals surface area contributed by atoms with Gasteiger partial charge in [-0.3, -0.25) is 4.79 Å². The number of sulfonamides is 1. The summed E-state index contributed by atoms with van der Waals surface area (Å²) in [5.41, 5.74) is 2.75. The first-order valence-electron chi connectivity index (χ1n) is 8.13. The molecule has 0 aliphatic rings. The molecule has 0 saturated carbocycles. The SMILES string of the molecule is Cc1ccc(S(=O)(=O)N(C)CC(=O)Nc2cccc(C(C)C)c2)cc1. The van der Waals surface area contributed by atoms with Crippen LogP contribution < -0.4 is 5.32 Å². The van der Waals surface area contributed by atoms with Crippen molar-refractivity contribution in [1.82, 2.24) is 4.31 Å². The van der Waals surface area contributed by atoms with Gasteiger partial charge in [-0.25, -0.2) is 8.42 Å². The molecule has 0 unspecified atom stereocenters. The summed E-state index contributed by atoms with van der Waals surface area (Å²) in [6.45, 7) is 5.78. The summed E-state index contributed by atoms with van der Waals surface area (Å²) in [4.78, 5) is 12.4. The van der Waals surface area contributed by atoms with Gasteiger partial charge in [0.1, 0.15) is 0 Å². The third-order valence-corrected chi connectivity index (χ3v) is 5.75. The molecule has 0 saturated heterocycles. The van der Waals surface area contributed by atoms with E-state index in [0.717, 1.165) is 15.4 Å². The van der Waals surface area contributed by atoms with Crippen molar-refractivity contribution in [3.05, 3.63) is 59.7 Å². The minimum atomic E-state index is -3.69. The molecule has 0 aliphatic carbocycles. The number of carbonyl (C=O) groups excluding carboxylic acids is 1.